The van der Waals surface area contributed by atoms with Gasteiger partial charge in [0.05, 0.1) is 10.6 Å². The predicted molar refractivity (Wildman–Crippen MR) is 109 cm³/mol. The fraction of sp³-hybridized carbons (Fsp3) is 0.500. The highest BCUT2D eigenvalue weighted by Crippen LogP contribution is 2.25. The van der Waals surface area contributed by atoms with E-state index in [2.05, 4.69) is 15.5 Å². The zero-order chi connectivity index (χ0) is 20.3. The van der Waals surface area contributed by atoms with Gasteiger partial charge in [-0.15, -0.1) is 10.2 Å². The average Bonchev–Trinajstić information content (AvgIpc) is 3.00. The van der Waals surface area contributed by atoms with Crippen LogP contribution >= 0.6 is 11.8 Å². The molecule has 3 rings (SSSR count). The summed E-state index contributed by atoms with van der Waals surface area (Å²) in [6.07, 6.45) is 2.82. The molecule has 10 heteroatoms. The van der Waals surface area contributed by atoms with Crippen molar-refractivity contribution in [1.29, 1.82) is 0 Å². The third-order valence-electron chi connectivity index (χ3n) is 4.82. The minimum atomic E-state index is -3.54. The first-order valence-electron chi connectivity index (χ1n) is 9.18. The second kappa shape index (κ2) is 8.62. The first-order valence-corrected chi connectivity index (χ1v) is 11.6. The maximum Gasteiger partial charge on any atom is 0.243 e. The molecule has 0 aliphatic carbocycles. The van der Waals surface area contributed by atoms with Crippen molar-refractivity contribution in [3.8, 4) is 0 Å². The summed E-state index contributed by atoms with van der Waals surface area (Å²) in [6.45, 7) is 4.78. The Labute approximate surface area is 169 Å². The topological polar surface area (TPSA) is 97.2 Å². The van der Waals surface area contributed by atoms with E-state index in [1.807, 2.05) is 25.5 Å². The number of carbonyl (C=O) groups excluding carboxylic acids is 1. The minimum Gasteiger partial charge on any atom is -0.325 e. The molecule has 0 unspecified atom stereocenters. The van der Waals surface area contributed by atoms with Crippen molar-refractivity contribution in [2.24, 2.45) is 7.05 Å². The molecule has 2 heterocycles. The van der Waals surface area contributed by atoms with Gasteiger partial charge in [-0.2, -0.15) is 4.31 Å². The molecule has 1 saturated heterocycles. The zero-order valence-corrected chi connectivity index (χ0v) is 17.9. The lowest BCUT2D eigenvalue weighted by Gasteiger charge is -2.26. The minimum absolute atomic E-state index is 0.161. The summed E-state index contributed by atoms with van der Waals surface area (Å²) in [5.41, 5.74) is 1.32. The Hall–Kier alpha value is -1.91. The molecular weight excluding hydrogens is 398 g/mol. The second-order valence-corrected chi connectivity index (χ2v) is 9.75. The molecule has 0 saturated carbocycles. The van der Waals surface area contributed by atoms with E-state index in [-0.39, 0.29) is 16.6 Å². The van der Waals surface area contributed by atoms with Gasteiger partial charge < -0.3 is 9.88 Å². The number of anilines is 1. The van der Waals surface area contributed by atoms with Crippen molar-refractivity contribution in [3.63, 3.8) is 0 Å². The molecule has 0 spiro atoms. The number of piperidine rings is 1. The lowest BCUT2D eigenvalue weighted by Crippen LogP contribution is -2.35. The van der Waals surface area contributed by atoms with Crippen LogP contribution in [0.3, 0.4) is 0 Å². The Morgan fingerprint density at radius 2 is 1.89 bits per heavy atom. The number of thioether (sulfide) groups is 1. The van der Waals surface area contributed by atoms with E-state index in [1.54, 1.807) is 18.2 Å². The van der Waals surface area contributed by atoms with Crippen molar-refractivity contribution in [1.82, 2.24) is 19.1 Å². The first-order chi connectivity index (χ1) is 13.3. The number of sulfonamides is 1. The van der Waals surface area contributed by atoms with Crippen LogP contribution in [0.25, 0.3) is 0 Å². The Kier molecular flexibility index (Phi) is 6.41. The number of aryl methyl sites for hydroxylation is 2. The fourth-order valence-electron chi connectivity index (χ4n) is 2.98. The summed E-state index contributed by atoms with van der Waals surface area (Å²) in [5.74, 6) is 0.713. The lowest BCUT2D eigenvalue weighted by atomic mass is 10.2. The van der Waals surface area contributed by atoms with E-state index in [1.165, 1.54) is 16.1 Å². The zero-order valence-electron chi connectivity index (χ0n) is 16.3. The summed E-state index contributed by atoms with van der Waals surface area (Å²) in [7, 11) is -1.70. The van der Waals surface area contributed by atoms with Crippen LogP contribution in [0.1, 0.15) is 30.7 Å². The second-order valence-electron chi connectivity index (χ2n) is 6.87. The van der Waals surface area contributed by atoms with Crippen molar-refractivity contribution in [3.05, 3.63) is 29.6 Å². The van der Waals surface area contributed by atoms with Gasteiger partial charge in [0.1, 0.15) is 5.82 Å². The van der Waals surface area contributed by atoms with Gasteiger partial charge in [-0.3, -0.25) is 4.79 Å². The van der Waals surface area contributed by atoms with Gasteiger partial charge in [-0.25, -0.2) is 8.42 Å². The Morgan fingerprint density at radius 1 is 1.18 bits per heavy atom. The van der Waals surface area contributed by atoms with E-state index in [0.29, 0.717) is 23.9 Å². The molecule has 1 fully saturated rings. The standard InChI is InChI=1S/C18H25N5O3S2/c1-13-7-8-15(28(25,26)23-9-5-4-6-10-23)11-16(13)19-17(24)12-27-18-21-20-14(2)22(18)3/h7-8,11H,4-6,9-10,12H2,1-3H3,(H,19,24). The highest BCUT2D eigenvalue weighted by atomic mass is 32.2. The molecule has 1 aromatic heterocycles. The molecular formula is C18H25N5O3S2. The Bertz CT molecular complexity index is 966. The molecule has 28 heavy (non-hydrogen) atoms. The molecule has 1 N–H and O–H groups in total. The van der Waals surface area contributed by atoms with Crippen molar-refractivity contribution in [2.75, 3.05) is 24.2 Å². The maximum atomic E-state index is 12.9. The molecule has 0 atom stereocenters. The van der Waals surface area contributed by atoms with Gasteiger partial charge >= 0.3 is 0 Å². The number of nitrogens with zero attached hydrogens (tertiary/aromatic N) is 4. The molecule has 0 bridgehead atoms. The summed E-state index contributed by atoms with van der Waals surface area (Å²) >= 11 is 1.28. The highest BCUT2D eigenvalue weighted by Gasteiger charge is 2.26. The molecule has 1 aromatic carbocycles. The van der Waals surface area contributed by atoms with E-state index < -0.39 is 10.0 Å². The van der Waals surface area contributed by atoms with E-state index in [0.717, 1.165) is 30.7 Å². The molecule has 0 radical (unpaired) electrons. The van der Waals surface area contributed by atoms with E-state index in [4.69, 9.17) is 0 Å². The molecule has 1 amide bonds. The summed E-state index contributed by atoms with van der Waals surface area (Å²) in [6, 6.07) is 4.88. The van der Waals surface area contributed by atoms with Gasteiger partial charge in [0.2, 0.25) is 15.9 Å². The number of hydrogen-bond donors (Lipinski definition) is 1. The van der Waals surface area contributed by atoms with Crippen LogP contribution in [0.2, 0.25) is 0 Å². The van der Waals surface area contributed by atoms with Crippen LogP contribution in [-0.4, -0.2) is 52.2 Å². The van der Waals surface area contributed by atoms with Crippen molar-refractivity contribution < 1.29 is 13.2 Å². The lowest BCUT2D eigenvalue weighted by molar-refractivity contribution is -0.113. The van der Waals surface area contributed by atoms with Gasteiger partial charge in [0, 0.05) is 25.8 Å². The van der Waals surface area contributed by atoms with Gasteiger partial charge in [0.25, 0.3) is 0 Å². The van der Waals surface area contributed by atoms with Crippen molar-refractivity contribution in [2.45, 2.75) is 43.2 Å². The summed E-state index contributed by atoms with van der Waals surface area (Å²) < 4.78 is 29.1. The van der Waals surface area contributed by atoms with Gasteiger partial charge in [0.15, 0.2) is 5.16 Å². The maximum absolute atomic E-state index is 12.9. The van der Waals surface area contributed by atoms with E-state index >= 15 is 0 Å². The third-order valence-corrected chi connectivity index (χ3v) is 7.74. The number of aromatic nitrogens is 3. The van der Waals surface area contributed by atoms with Crippen LogP contribution in [-0.2, 0) is 21.9 Å². The molecule has 1 aliphatic heterocycles. The number of amides is 1. The predicted octanol–water partition coefficient (Wildman–Crippen LogP) is 2.34. The summed E-state index contributed by atoms with van der Waals surface area (Å²) in [4.78, 5) is 12.6. The molecule has 152 valence electrons. The molecule has 1 aliphatic rings. The largest absolute Gasteiger partial charge is 0.325 e. The average molecular weight is 424 g/mol. The number of rotatable bonds is 6. The van der Waals surface area contributed by atoms with Crippen LogP contribution in [0, 0.1) is 13.8 Å². The van der Waals surface area contributed by atoms with Crippen LogP contribution in [0.4, 0.5) is 5.69 Å². The summed E-state index contributed by atoms with van der Waals surface area (Å²) in [5, 5.41) is 11.5. The van der Waals surface area contributed by atoms with Gasteiger partial charge in [-0.1, -0.05) is 24.2 Å². The Balaban J connectivity index is 1.70. The normalized spacial score (nSPS) is 15.5. The van der Waals surface area contributed by atoms with Gasteiger partial charge in [-0.05, 0) is 44.4 Å². The number of benzene rings is 1. The first kappa shape index (κ1) is 20.8. The number of hydrogen-bond acceptors (Lipinski definition) is 6. The van der Waals surface area contributed by atoms with E-state index in [9.17, 15) is 13.2 Å². The monoisotopic (exact) mass is 423 g/mol. The van der Waals surface area contributed by atoms with Crippen LogP contribution in [0.15, 0.2) is 28.3 Å². The fourth-order valence-corrected chi connectivity index (χ4v) is 5.28. The van der Waals surface area contributed by atoms with Crippen LogP contribution < -0.4 is 5.32 Å². The SMILES string of the molecule is Cc1ccc(S(=O)(=O)N2CCCCC2)cc1NC(=O)CSc1nnc(C)n1C. The Morgan fingerprint density at radius 3 is 2.54 bits per heavy atom. The molecule has 8 nitrogen and oxygen atoms in total. The number of nitrogens with one attached hydrogen (secondary N) is 1. The quantitative estimate of drug-likeness (QED) is 0.716. The number of carbonyl (C=O) groups is 1. The smallest absolute Gasteiger partial charge is 0.243 e. The van der Waals surface area contributed by atoms with Crippen LogP contribution in [0.5, 0.6) is 0 Å². The third kappa shape index (κ3) is 4.56. The van der Waals surface area contributed by atoms with Crippen molar-refractivity contribution >= 4 is 33.4 Å². The highest BCUT2D eigenvalue weighted by molar-refractivity contribution is 7.99. The molecule has 2 aromatic rings.